The van der Waals surface area contributed by atoms with Crippen molar-refractivity contribution in [3.8, 4) is 67.5 Å². The van der Waals surface area contributed by atoms with Crippen molar-refractivity contribution in [3.63, 3.8) is 0 Å². The summed E-state index contributed by atoms with van der Waals surface area (Å²) in [4.78, 5) is 80.3. The van der Waals surface area contributed by atoms with Crippen LogP contribution >= 0.6 is 0 Å². The van der Waals surface area contributed by atoms with Gasteiger partial charge in [-0.15, -0.1) is 0 Å². The third kappa shape index (κ3) is 11.9. The van der Waals surface area contributed by atoms with Gasteiger partial charge in [0.2, 0.25) is 23.6 Å². The molecule has 8 aromatic carbocycles. The molecule has 0 unspecified atom stereocenters. The van der Waals surface area contributed by atoms with Gasteiger partial charge in [0.15, 0.2) is 0 Å². The number of ether oxygens (including phenoxy) is 4. The maximum Gasteiger partial charge on any atom is 0.228 e. The van der Waals surface area contributed by atoms with Crippen molar-refractivity contribution in [1.29, 1.82) is 0 Å². The van der Waals surface area contributed by atoms with Crippen LogP contribution in [-0.4, -0.2) is 72.0 Å². The van der Waals surface area contributed by atoms with Crippen LogP contribution in [0.15, 0.2) is 218 Å². The fourth-order valence-corrected chi connectivity index (χ4v) is 16.9. The summed E-state index contributed by atoms with van der Waals surface area (Å²) in [5, 5.41) is 13.7. The number of carbonyl (C=O) groups excluding carboxylic acids is 4. The lowest BCUT2D eigenvalue weighted by atomic mass is 9.94. The van der Waals surface area contributed by atoms with E-state index < -0.39 is 21.7 Å². The molecule has 17 rings (SSSR count). The number of nitrogens with zero attached hydrogens (tertiary/aromatic N) is 2. The van der Waals surface area contributed by atoms with Crippen LogP contribution in [0.1, 0.15) is 98.4 Å². The van der Waals surface area contributed by atoms with Crippen molar-refractivity contribution in [3.05, 3.63) is 263 Å². The van der Waals surface area contributed by atoms with Crippen LogP contribution in [0.5, 0.6) is 23.0 Å². The van der Waals surface area contributed by atoms with Crippen molar-refractivity contribution in [1.82, 2.24) is 19.9 Å². The molecule has 8 bridgehead atoms. The lowest BCUT2D eigenvalue weighted by Gasteiger charge is -2.19. The van der Waals surface area contributed by atoms with Gasteiger partial charge in [0.25, 0.3) is 0 Å². The van der Waals surface area contributed by atoms with Gasteiger partial charge in [0.1, 0.15) is 23.0 Å². The van der Waals surface area contributed by atoms with Crippen molar-refractivity contribution in [2.75, 3.05) is 49.7 Å². The fraction of sp³-hybridized carbons (Fsp3) is 0.217. The van der Waals surface area contributed by atoms with E-state index in [1.165, 1.54) is 0 Å². The first-order valence-electron chi connectivity index (χ1n) is 36.8. The molecule has 3 aromatic heterocycles. The summed E-state index contributed by atoms with van der Waals surface area (Å²) in [6, 6.07) is 71.0. The maximum absolute atomic E-state index is 15.3. The van der Waals surface area contributed by atoms with E-state index in [-0.39, 0.29) is 47.3 Å². The van der Waals surface area contributed by atoms with Crippen LogP contribution in [0.25, 0.3) is 90.9 Å². The van der Waals surface area contributed by atoms with E-state index in [1.807, 2.05) is 194 Å². The van der Waals surface area contributed by atoms with E-state index in [2.05, 4.69) is 107 Å². The SMILES string of the molecule is COc1cccc(OC)c1-c1c2nc(c(-c3c(NC(=O)[C@H]4C[C@@]4(C)c4ccccc4)cccc3NC(=O)[C@H]3C[C@]3(C)c3ccccc3)c3ccc([nH]3)c(-c3c(OC)cccc3OC)c3nc(c(-c4c(NC(=O)[C@H]5C[C@@]5(C)c5ccccc5)cccc4NC(=O)[C@H]4C[C@]4(C)c4ccccc4)c4ccc1[nH]4)C=C3)C=C2. The van der Waals surface area contributed by atoms with Gasteiger partial charge >= 0.3 is 0 Å². The highest BCUT2D eigenvalue weighted by atomic mass is 16.5. The molecule has 108 heavy (non-hydrogen) atoms. The molecule has 4 aliphatic carbocycles. The Hall–Kier alpha value is -12.6. The molecule has 538 valence electrons. The number of rotatable bonds is 20. The maximum atomic E-state index is 15.3. The first-order valence-corrected chi connectivity index (χ1v) is 36.8. The van der Waals surface area contributed by atoms with Crippen LogP contribution in [0, 0.1) is 23.7 Å². The molecule has 0 spiro atoms. The second-order valence-corrected chi connectivity index (χ2v) is 30.2. The number of methoxy groups -OCH3 is 4. The zero-order valence-electron chi connectivity index (χ0n) is 61.4. The summed E-state index contributed by atoms with van der Waals surface area (Å²) in [5.74, 6) is -0.173. The molecule has 0 saturated heterocycles. The Bertz CT molecular complexity index is 5160. The number of aromatic amines is 2. The summed E-state index contributed by atoms with van der Waals surface area (Å²) in [5.41, 5.74) is 13.1. The lowest BCUT2D eigenvalue weighted by Crippen LogP contribution is -2.22. The van der Waals surface area contributed by atoms with Crippen LogP contribution in [0.2, 0.25) is 0 Å². The van der Waals surface area contributed by atoms with E-state index in [0.29, 0.717) is 161 Å². The Labute approximate surface area is 626 Å². The molecule has 16 heteroatoms. The van der Waals surface area contributed by atoms with Crippen LogP contribution in [0.3, 0.4) is 0 Å². The molecule has 0 radical (unpaired) electrons. The van der Waals surface area contributed by atoms with Crippen molar-refractivity contribution >= 4 is 92.7 Å². The average Bonchev–Trinajstić information content (AvgIpc) is 1.59. The van der Waals surface area contributed by atoms with Gasteiger partial charge in [0, 0.05) is 101 Å². The molecule has 16 nitrogen and oxygen atoms in total. The van der Waals surface area contributed by atoms with E-state index >= 15 is 19.2 Å². The Morgan fingerprint density at radius 2 is 0.519 bits per heavy atom. The third-order valence-electron chi connectivity index (χ3n) is 23.7. The van der Waals surface area contributed by atoms with Crippen LogP contribution in [0.4, 0.5) is 22.7 Å². The minimum atomic E-state index is -0.417. The highest BCUT2D eigenvalue weighted by molar-refractivity contribution is 6.13. The molecule has 6 N–H and O–H groups in total. The number of H-pyrrole nitrogens is 2. The predicted molar refractivity (Wildman–Crippen MR) is 429 cm³/mol. The number of carbonyl (C=O) groups is 4. The first kappa shape index (κ1) is 68.5. The number of hydrogen-bond acceptors (Lipinski definition) is 10. The van der Waals surface area contributed by atoms with Gasteiger partial charge in [-0.05, 0) is 145 Å². The number of nitrogens with one attached hydrogen (secondary N) is 6. The molecule has 11 aromatic rings. The largest absolute Gasteiger partial charge is 0.496 e. The summed E-state index contributed by atoms with van der Waals surface area (Å²) in [6.07, 6.45) is 10.4. The quantitative estimate of drug-likeness (QED) is 0.0425. The number of fused-ring (bicyclic) bond motifs is 8. The topological polar surface area (TPSA) is 211 Å². The molecule has 4 fully saturated rings. The molecule has 6 aliphatic rings. The normalized spacial score (nSPS) is 21.8. The van der Waals surface area contributed by atoms with Gasteiger partial charge in [-0.25, -0.2) is 9.97 Å². The standard InChI is InChI=1S/C92H82N8O8/c1-89(53-25-13-9-14-26-53)49-57(89)85(101)97-61-33-21-34-62(98-86(102)58-50-90(58,2)54-27-15-10-16-28-54)77(61)79-65-41-45-69(93-65)81(83-73(105-5)37-23-38-74(83)106-6)71-47-43-67(95-71)80(68-44-48-72(96-68)82(70-46-42-66(79)94-70)84-75(107-7)39-24-40-76(84)108-8)78-63(99-87(103)59-51-91(59,3)55-29-17-11-18-30-55)35-22-36-64(78)100-88(104)60-52-92(60,4)56-31-19-12-20-32-56/h9-48,57-60,93,96H,49-52H2,1-8H3,(H,97,101)(H,98,102)(H,99,103)(H,100,104)/t57-,58-,59-,60-,89-,90+,91-,92+/m1/s1. The van der Waals surface area contributed by atoms with Gasteiger partial charge in [0.05, 0.1) is 85.1 Å². The lowest BCUT2D eigenvalue weighted by molar-refractivity contribution is -0.118. The van der Waals surface area contributed by atoms with Crippen LogP contribution in [-0.2, 0) is 40.8 Å². The monoisotopic (exact) mass is 1430 g/mol. The molecule has 4 amide bonds. The van der Waals surface area contributed by atoms with E-state index in [4.69, 9.17) is 28.9 Å². The molecular weight excluding hydrogens is 1350 g/mol. The second kappa shape index (κ2) is 26.8. The van der Waals surface area contributed by atoms with E-state index in [0.717, 1.165) is 22.3 Å². The number of hydrogen-bond donors (Lipinski definition) is 6. The molecule has 4 saturated carbocycles. The molecule has 8 atom stereocenters. The Morgan fingerprint density at radius 1 is 0.296 bits per heavy atom. The van der Waals surface area contributed by atoms with Crippen LogP contribution < -0.4 is 40.2 Å². The first-order chi connectivity index (χ1) is 52.5. The summed E-state index contributed by atoms with van der Waals surface area (Å²) < 4.78 is 25.2. The Balaban J connectivity index is 0.942. The Kier molecular flexibility index (Phi) is 17.0. The van der Waals surface area contributed by atoms with E-state index in [1.54, 1.807) is 28.4 Å². The van der Waals surface area contributed by atoms with Gasteiger partial charge in [-0.2, -0.15) is 0 Å². The van der Waals surface area contributed by atoms with Crippen molar-refractivity contribution in [2.24, 2.45) is 23.7 Å². The highest BCUT2D eigenvalue weighted by Crippen LogP contribution is 2.59. The highest BCUT2D eigenvalue weighted by Gasteiger charge is 2.58. The van der Waals surface area contributed by atoms with Gasteiger partial charge in [-0.1, -0.05) is 173 Å². The van der Waals surface area contributed by atoms with Gasteiger partial charge in [-0.3, -0.25) is 19.2 Å². The number of aromatic nitrogens is 4. The average molecular weight is 1430 g/mol. The Morgan fingerprint density at radius 3 is 0.750 bits per heavy atom. The predicted octanol–water partition coefficient (Wildman–Crippen LogP) is 19.0. The number of benzene rings is 8. The minimum Gasteiger partial charge on any atom is -0.496 e. The zero-order valence-corrected chi connectivity index (χ0v) is 61.4. The minimum absolute atomic E-state index is 0.168. The smallest absolute Gasteiger partial charge is 0.228 e. The number of amides is 4. The second-order valence-electron chi connectivity index (χ2n) is 30.2. The van der Waals surface area contributed by atoms with Gasteiger partial charge < -0.3 is 50.2 Å². The summed E-state index contributed by atoms with van der Waals surface area (Å²) >= 11 is 0. The van der Waals surface area contributed by atoms with E-state index in [9.17, 15) is 0 Å². The molecular formula is C92H82N8O8. The molecule has 5 heterocycles. The number of anilines is 4. The van der Waals surface area contributed by atoms with Crippen molar-refractivity contribution < 1.29 is 38.1 Å². The van der Waals surface area contributed by atoms with Crippen molar-refractivity contribution in [2.45, 2.75) is 75.0 Å². The summed E-state index contributed by atoms with van der Waals surface area (Å²) in [7, 11) is 6.48. The third-order valence-corrected chi connectivity index (χ3v) is 23.7. The zero-order chi connectivity index (χ0) is 74.4. The molecule has 2 aliphatic heterocycles. The summed E-state index contributed by atoms with van der Waals surface area (Å²) in [6.45, 7) is 8.52. The fourth-order valence-electron chi connectivity index (χ4n) is 16.9.